The molecule has 0 spiro atoms. The third-order valence-corrected chi connectivity index (χ3v) is 4.46. The van der Waals surface area contributed by atoms with Gasteiger partial charge in [0.2, 0.25) is 0 Å². The van der Waals surface area contributed by atoms with Crippen molar-refractivity contribution in [2.75, 3.05) is 6.54 Å². The van der Waals surface area contributed by atoms with Crippen LogP contribution in [0.5, 0.6) is 0 Å². The van der Waals surface area contributed by atoms with Crippen LogP contribution in [0.25, 0.3) is 0 Å². The first-order valence-electron chi connectivity index (χ1n) is 7.77. The van der Waals surface area contributed by atoms with Crippen molar-refractivity contribution < 1.29 is 4.79 Å². The molecule has 0 bridgehead atoms. The Morgan fingerprint density at radius 3 is 2.91 bits per heavy atom. The highest BCUT2D eigenvalue weighted by atomic mass is 79.9. The number of nitrogens with zero attached hydrogens (tertiary/aromatic N) is 2. The van der Waals surface area contributed by atoms with Crippen molar-refractivity contribution in [3.8, 4) is 0 Å². The molecule has 1 aliphatic carbocycles. The molecule has 0 radical (unpaired) electrons. The van der Waals surface area contributed by atoms with Gasteiger partial charge in [-0.15, -0.1) is 0 Å². The fourth-order valence-corrected chi connectivity index (χ4v) is 3.17. The zero-order valence-corrected chi connectivity index (χ0v) is 14.3. The van der Waals surface area contributed by atoms with E-state index in [1.165, 1.54) is 4.68 Å². The zero-order valence-electron chi connectivity index (χ0n) is 12.7. The number of benzene rings is 1. The largest absolute Gasteiger partial charge is 0.350 e. The van der Waals surface area contributed by atoms with Crippen LogP contribution in [-0.4, -0.2) is 22.2 Å². The maximum atomic E-state index is 12.1. The average Bonchev–Trinajstić information content (AvgIpc) is 2.55. The summed E-state index contributed by atoms with van der Waals surface area (Å²) in [6.45, 7) is 0.753. The molecule has 1 N–H and O–H groups in total. The van der Waals surface area contributed by atoms with E-state index in [0.29, 0.717) is 18.7 Å². The Labute approximate surface area is 142 Å². The lowest BCUT2D eigenvalue weighted by atomic mass is 9.97. The van der Waals surface area contributed by atoms with Crippen molar-refractivity contribution in [1.29, 1.82) is 0 Å². The number of amides is 1. The lowest BCUT2D eigenvalue weighted by Gasteiger charge is -2.16. The number of fused-ring (bicyclic) bond motifs is 1. The van der Waals surface area contributed by atoms with Gasteiger partial charge < -0.3 is 5.32 Å². The second kappa shape index (κ2) is 7.08. The lowest BCUT2D eigenvalue weighted by molar-refractivity contribution is 0.0951. The van der Waals surface area contributed by atoms with Crippen LogP contribution in [0.2, 0.25) is 0 Å². The Morgan fingerprint density at radius 1 is 1.26 bits per heavy atom. The van der Waals surface area contributed by atoms with E-state index in [9.17, 15) is 9.59 Å². The molecule has 0 fully saturated rings. The summed E-state index contributed by atoms with van der Waals surface area (Å²) in [4.78, 5) is 24.1. The molecule has 3 rings (SSSR count). The minimum absolute atomic E-state index is 0.0950. The van der Waals surface area contributed by atoms with Gasteiger partial charge in [0.05, 0.1) is 12.2 Å². The zero-order chi connectivity index (χ0) is 16.2. The molecule has 0 unspecified atom stereocenters. The van der Waals surface area contributed by atoms with Crippen LogP contribution in [-0.2, 0) is 19.4 Å². The quantitative estimate of drug-likeness (QED) is 0.891. The molecule has 120 valence electrons. The second-order valence-corrected chi connectivity index (χ2v) is 6.57. The molecule has 1 aliphatic rings. The predicted octanol–water partition coefficient (Wildman–Crippen LogP) is 2.31. The molecule has 2 aromatic rings. The number of aryl methyl sites for hydroxylation is 2. The van der Waals surface area contributed by atoms with Crippen molar-refractivity contribution >= 4 is 21.8 Å². The summed E-state index contributed by atoms with van der Waals surface area (Å²) in [5, 5.41) is 7.26. The highest BCUT2D eigenvalue weighted by Gasteiger charge is 2.13. The van der Waals surface area contributed by atoms with Crippen LogP contribution in [0.4, 0.5) is 0 Å². The molecule has 1 aromatic carbocycles. The van der Waals surface area contributed by atoms with Crippen LogP contribution in [0.1, 0.15) is 34.5 Å². The van der Waals surface area contributed by atoms with Crippen LogP contribution >= 0.6 is 15.9 Å². The van der Waals surface area contributed by atoms with Crippen molar-refractivity contribution in [3.63, 3.8) is 0 Å². The maximum absolute atomic E-state index is 12.1. The minimum atomic E-state index is -0.155. The topological polar surface area (TPSA) is 64.0 Å². The van der Waals surface area contributed by atoms with E-state index in [1.807, 2.05) is 12.1 Å². The summed E-state index contributed by atoms with van der Waals surface area (Å²) in [5.41, 5.74) is 2.59. The Balaban J connectivity index is 1.62. The first-order chi connectivity index (χ1) is 11.1. The van der Waals surface area contributed by atoms with Gasteiger partial charge in [0.15, 0.2) is 0 Å². The smallest absolute Gasteiger partial charge is 0.267 e. The number of hydrogen-bond donors (Lipinski definition) is 1. The fraction of sp³-hybridized carbons (Fsp3) is 0.353. The third-order valence-electron chi connectivity index (χ3n) is 3.97. The summed E-state index contributed by atoms with van der Waals surface area (Å²) in [6.07, 6.45) is 4.12. The Morgan fingerprint density at radius 2 is 2.09 bits per heavy atom. The molecule has 5 nitrogen and oxygen atoms in total. The molecule has 1 aromatic heterocycles. The Hall–Kier alpha value is -1.95. The number of aromatic nitrogens is 2. The molecule has 0 saturated heterocycles. The molecule has 0 atom stereocenters. The lowest BCUT2D eigenvalue weighted by Crippen LogP contribution is -2.33. The van der Waals surface area contributed by atoms with Gasteiger partial charge in [0.1, 0.15) is 0 Å². The molecule has 1 amide bonds. The number of hydrogen-bond acceptors (Lipinski definition) is 3. The van der Waals surface area contributed by atoms with E-state index < -0.39 is 0 Å². The number of nitrogens with one attached hydrogen (secondary N) is 1. The predicted molar refractivity (Wildman–Crippen MR) is 91.6 cm³/mol. The van der Waals surface area contributed by atoms with Gasteiger partial charge in [-0.05, 0) is 49.4 Å². The number of rotatable bonds is 4. The van der Waals surface area contributed by atoms with Gasteiger partial charge in [-0.1, -0.05) is 22.0 Å². The van der Waals surface area contributed by atoms with Gasteiger partial charge >= 0.3 is 0 Å². The van der Waals surface area contributed by atoms with Crippen LogP contribution in [0.15, 0.2) is 39.6 Å². The van der Waals surface area contributed by atoms with Crippen molar-refractivity contribution in [3.05, 3.63) is 62.0 Å². The number of carbonyl (C=O) groups is 1. The Kier molecular flexibility index (Phi) is 4.91. The number of carbonyl (C=O) groups excluding carboxylic acids is 1. The molecule has 6 heteroatoms. The molecular weight excluding hydrogens is 358 g/mol. The van der Waals surface area contributed by atoms with Crippen molar-refractivity contribution in [1.82, 2.24) is 15.1 Å². The molecular formula is C17H18BrN3O2. The van der Waals surface area contributed by atoms with Gasteiger partial charge in [-0.25, -0.2) is 4.68 Å². The van der Waals surface area contributed by atoms with E-state index in [4.69, 9.17) is 0 Å². The highest BCUT2D eigenvalue weighted by Crippen LogP contribution is 2.16. The van der Waals surface area contributed by atoms with Crippen molar-refractivity contribution in [2.45, 2.75) is 32.2 Å². The average molecular weight is 376 g/mol. The van der Waals surface area contributed by atoms with E-state index in [0.717, 1.165) is 41.4 Å². The standard InChI is InChI=1S/C17H18BrN3O2/c18-14-6-3-5-13(10-14)17(23)19-8-9-21-16(22)11-12-4-1-2-7-15(12)20-21/h3,5-6,10-11H,1-2,4,7-9H2,(H,19,23). The molecule has 1 heterocycles. The van der Waals surface area contributed by atoms with E-state index in [-0.39, 0.29) is 11.5 Å². The molecule has 23 heavy (non-hydrogen) atoms. The monoisotopic (exact) mass is 375 g/mol. The highest BCUT2D eigenvalue weighted by molar-refractivity contribution is 9.10. The SMILES string of the molecule is O=C(NCCn1nc2c(cc1=O)CCCC2)c1cccc(Br)c1. The van der Waals surface area contributed by atoms with Gasteiger partial charge in [-0.2, -0.15) is 5.10 Å². The first-order valence-corrected chi connectivity index (χ1v) is 8.56. The van der Waals surface area contributed by atoms with Crippen LogP contribution in [0.3, 0.4) is 0 Å². The molecule has 0 saturated carbocycles. The summed E-state index contributed by atoms with van der Waals surface area (Å²) >= 11 is 3.34. The number of halogens is 1. The van der Waals surface area contributed by atoms with Gasteiger partial charge in [-0.3, -0.25) is 9.59 Å². The second-order valence-electron chi connectivity index (χ2n) is 5.65. The van der Waals surface area contributed by atoms with E-state index >= 15 is 0 Å². The van der Waals surface area contributed by atoms with E-state index in [1.54, 1.807) is 18.2 Å². The van der Waals surface area contributed by atoms with Gasteiger partial charge in [0.25, 0.3) is 11.5 Å². The summed E-state index contributed by atoms with van der Waals surface area (Å²) < 4.78 is 2.31. The summed E-state index contributed by atoms with van der Waals surface area (Å²) in [7, 11) is 0. The van der Waals surface area contributed by atoms with Crippen molar-refractivity contribution in [2.24, 2.45) is 0 Å². The molecule has 0 aliphatic heterocycles. The Bertz CT molecular complexity index is 786. The maximum Gasteiger partial charge on any atom is 0.267 e. The first kappa shape index (κ1) is 15.9. The fourth-order valence-electron chi connectivity index (χ4n) is 2.77. The van der Waals surface area contributed by atoms with E-state index in [2.05, 4.69) is 26.3 Å². The summed E-state index contributed by atoms with van der Waals surface area (Å²) in [5.74, 6) is -0.155. The minimum Gasteiger partial charge on any atom is -0.350 e. The third kappa shape index (κ3) is 3.88. The normalized spacial score (nSPS) is 13.4. The van der Waals surface area contributed by atoms with Crippen LogP contribution < -0.4 is 10.9 Å². The van der Waals surface area contributed by atoms with Gasteiger partial charge in [0, 0.05) is 22.6 Å². The summed E-state index contributed by atoms with van der Waals surface area (Å²) in [6, 6.07) is 8.89. The van der Waals surface area contributed by atoms with Crippen LogP contribution in [0, 0.1) is 0 Å².